The van der Waals surface area contributed by atoms with Gasteiger partial charge in [-0.2, -0.15) is 0 Å². The molecule has 1 aliphatic carbocycles. The average molecular weight is 711 g/mol. The summed E-state index contributed by atoms with van der Waals surface area (Å²) < 4.78 is 9.01. The molecular formula is C50H34N2OS. The maximum Gasteiger partial charge on any atom is 0.227 e. The monoisotopic (exact) mass is 710 g/mol. The second-order valence-corrected chi connectivity index (χ2v) is 15.8. The lowest BCUT2D eigenvalue weighted by atomic mass is 9.82. The highest BCUT2D eigenvalue weighted by atomic mass is 32.1. The maximum atomic E-state index is 6.41. The number of hydrogen-bond donors (Lipinski definition) is 0. The van der Waals surface area contributed by atoms with Gasteiger partial charge in [0.2, 0.25) is 5.89 Å². The van der Waals surface area contributed by atoms with Crippen LogP contribution in [0, 0.1) is 0 Å². The van der Waals surface area contributed by atoms with Gasteiger partial charge in [0.25, 0.3) is 0 Å². The summed E-state index contributed by atoms with van der Waals surface area (Å²) in [5.41, 5.74) is 13.6. The van der Waals surface area contributed by atoms with Gasteiger partial charge in [-0.3, -0.25) is 0 Å². The summed E-state index contributed by atoms with van der Waals surface area (Å²) in [6.07, 6.45) is 0. The largest absolute Gasteiger partial charge is 0.435 e. The molecule has 2 heterocycles. The Bertz CT molecular complexity index is 3080. The summed E-state index contributed by atoms with van der Waals surface area (Å²) >= 11 is 1.85. The quantitative estimate of drug-likeness (QED) is 0.178. The Hall–Kier alpha value is -6.49. The molecule has 10 aromatic rings. The first-order valence-corrected chi connectivity index (χ1v) is 19.3. The number of oxazole rings is 1. The van der Waals surface area contributed by atoms with Gasteiger partial charge in [0.05, 0.1) is 0 Å². The lowest BCUT2D eigenvalue weighted by molar-refractivity contribution is 0.623. The molecule has 3 nitrogen and oxygen atoms in total. The molecule has 0 aliphatic heterocycles. The zero-order valence-corrected chi connectivity index (χ0v) is 30.7. The third kappa shape index (κ3) is 4.70. The van der Waals surface area contributed by atoms with Crippen LogP contribution in [0.3, 0.4) is 0 Å². The molecule has 4 heteroatoms. The van der Waals surface area contributed by atoms with Gasteiger partial charge in [0, 0.05) is 53.6 Å². The molecule has 0 atom stereocenters. The normalized spacial score (nSPS) is 13.1. The van der Waals surface area contributed by atoms with Crippen LogP contribution in [0.1, 0.15) is 25.0 Å². The molecule has 0 fully saturated rings. The van der Waals surface area contributed by atoms with Crippen LogP contribution in [0.4, 0.5) is 17.1 Å². The first kappa shape index (κ1) is 31.1. The zero-order valence-electron chi connectivity index (χ0n) is 29.9. The van der Waals surface area contributed by atoms with E-state index < -0.39 is 0 Å². The third-order valence-corrected chi connectivity index (χ3v) is 12.4. The number of thiophene rings is 1. The van der Waals surface area contributed by atoms with E-state index in [9.17, 15) is 0 Å². The number of hydrogen-bond acceptors (Lipinski definition) is 4. The predicted molar refractivity (Wildman–Crippen MR) is 228 cm³/mol. The van der Waals surface area contributed by atoms with Crippen LogP contribution in [0.2, 0.25) is 0 Å². The Labute approximate surface area is 317 Å². The molecule has 0 amide bonds. The molecule has 0 radical (unpaired) electrons. The molecule has 0 unspecified atom stereocenters. The van der Waals surface area contributed by atoms with E-state index in [1.165, 1.54) is 42.4 Å². The van der Waals surface area contributed by atoms with Crippen molar-refractivity contribution in [1.29, 1.82) is 0 Å². The first-order valence-electron chi connectivity index (χ1n) is 18.5. The van der Waals surface area contributed by atoms with E-state index in [2.05, 4.69) is 158 Å². The van der Waals surface area contributed by atoms with Crippen molar-refractivity contribution in [1.82, 2.24) is 4.98 Å². The van der Waals surface area contributed by atoms with Gasteiger partial charge < -0.3 is 9.32 Å². The molecule has 1 aliphatic rings. The number of anilines is 3. The Kier molecular flexibility index (Phi) is 6.77. The summed E-state index contributed by atoms with van der Waals surface area (Å²) in [6, 6.07) is 61.3. The van der Waals surface area contributed by atoms with Crippen LogP contribution in [0.25, 0.3) is 75.8 Å². The highest BCUT2D eigenvalue weighted by Crippen LogP contribution is 2.51. The smallest absolute Gasteiger partial charge is 0.227 e. The van der Waals surface area contributed by atoms with Crippen LogP contribution in [-0.2, 0) is 5.41 Å². The van der Waals surface area contributed by atoms with Crippen molar-refractivity contribution in [3.63, 3.8) is 0 Å². The van der Waals surface area contributed by atoms with Crippen molar-refractivity contribution in [3.8, 4) is 33.7 Å². The van der Waals surface area contributed by atoms with Gasteiger partial charge in [0.15, 0.2) is 5.58 Å². The zero-order chi connectivity index (χ0) is 36.0. The minimum Gasteiger partial charge on any atom is -0.435 e. The molecule has 11 rings (SSSR count). The average Bonchev–Trinajstić information content (AvgIpc) is 3.89. The summed E-state index contributed by atoms with van der Waals surface area (Å²) in [7, 11) is 0. The number of aromatic nitrogens is 1. The van der Waals surface area contributed by atoms with Crippen LogP contribution in [-0.4, -0.2) is 4.98 Å². The highest BCUT2D eigenvalue weighted by molar-refractivity contribution is 7.25. The second-order valence-electron chi connectivity index (χ2n) is 14.8. The minimum absolute atomic E-state index is 0.0545. The summed E-state index contributed by atoms with van der Waals surface area (Å²) in [5, 5.41) is 4.78. The Morgan fingerprint density at radius 1 is 0.481 bits per heavy atom. The summed E-state index contributed by atoms with van der Waals surface area (Å²) in [4.78, 5) is 7.38. The molecule has 0 saturated heterocycles. The van der Waals surface area contributed by atoms with E-state index in [-0.39, 0.29) is 5.41 Å². The molecule has 8 aromatic carbocycles. The van der Waals surface area contributed by atoms with E-state index in [0.717, 1.165) is 55.6 Å². The van der Waals surface area contributed by atoms with Gasteiger partial charge in [0.1, 0.15) is 5.52 Å². The highest BCUT2D eigenvalue weighted by Gasteiger charge is 2.35. The van der Waals surface area contributed by atoms with E-state index in [1.54, 1.807) is 0 Å². The maximum absolute atomic E-state index is 6.41. The molecular weight excluding hydrogens is 677 g/mol. The second kappa shape index (κ2) is 11.8. The van der Waals surface area contributed by atoms with Gasteiger partial charge >= 0.3 is 0 Å². The molecule has 2 aromatic heterocycles. The molecule has 0 spiro atoms. The van der Waals surface area contributed by atoms with Gasteiger partial charge in [-0.1, -0.05) is 117 Å². The van der Waals surface area contributed by atoms with Crippen molar-refractivity contribution in [2.75, 3.05) is 4.90 Å². The summed E-state index contributed by atoms with van der Waals surface area (Å²) in [6.45, 7) is 4.68. The fourth-order valence-corrected chi connectivity index (χ4v) is 9.72. The van der Waals surface area contributed by atoms with Crippen molar-refractivity contribution in [2.24, 2.45) is 0 Å². The van der Waals surface area contributed by atoms with Crippen molar-refractivity contribution in [2.45, 2.75) is 19.3 Å². The molecule has 54 heavy (non-hydrogen) atoms. The predicted octanol–water partition coefficient (Wildman–Crippen LogP) is 14.5. The Morgan fingerprint density at radius 3 is 1.98 bits per heavy atom. The lowest BCUT2D eigenvalue weighted by Gasteiger charge is -2.27. The van der Waals surface area contributed by atoms with E-state index in [1.807, 2.05) is 41.7 Å². The molecule has 256 valence electrons. The topological polar surface area (TPSA) is 29.3 Å². The fourth-order valence-electron chi connectivity index (χ4n) is 8.63. The van der Waals surface area contributed by atoms with Crippen LogP contribution in [0.15, 0.2) is 174 Å². The third-order valence-electron chi connectivity index (χ3n) is 11.3. The number of nitrogens with zero attached hydrogens (tertiary/aromatic N) is 2. The Morgan fingerprint density at radius 2 is 1.13 bits per heavy atom. The van der Waals surface area contributed by atoms with Crippen LogP contribution in [0.5, 0.6) is 0 Å². The molecule has 0 bridgehead atoms. The number of benzene rings is 8. The van der Waals surface area contributed by atoms with Gasteiger partial charge in [-0.15, -0.1) is 11.3 Å². The van der Waals surface area contributed by atoms with Gasteiger partial charge in [-0.05, 0) is 105 Å². The van der Waals surface area contributed by atoms with Crippen LogP contribution < -0.4 is 4.90 Å². The molecule has 0 N–H and O–H groups in total. The Balaban J connectivity index is 1.07. The van der Waals surface area contributed by atoms with E-state index in [0.29, 0.717) is 5.89 Å². The first-order chi connectivity index (χ1) is 26.5. The van der Waals surface area contributed by atoms with Crippen molar-refractivity contribution >= 4 is 70.4 Å². The lowest BCUT2D eigenvalue weighted by Crippen LogP contribution is -2.15. The fraction of sp³-hybridized carbons (Fsp3) is 0.0600. The van der Waals surface area contributed by atoms with E-state index in [4.69, 9.17) is 9.40 Å². The van der Waals surface area contributed by atoms with Crippen molar-refractivity contribution in [3.05, 3.63) is 181 Å². The van der Waals surface area contributed by atoms with Crippen LogP contribution >= 0.6 is 11.3 Å². The van der Waals surface area contributed by atoms with Gasteiger partial charge in [-0.25, -0.2) is 4.98 Å². The summed E-state index contributed by atoms with van der Waals surface area (Å²) in [5.74, 6) is 0.634. The number of fused-ring (bicyclic) bond motifs is 9. The minimum atomic E-state index is -0.0545. The van der Waals surface area contributed by atoms with Crippen molar-refractivity contribution < 1.29 is 4.42 Å². The molecule has 0 saturated carbocycles. The number of rotatable bonds is 5. The standard InChI is InChI=1S/C50H34N2OS/c1-50(2)43-18-10-8-15-37(43)41-28-34(24-26-44(41)50)52(35-25-27-47-42(29-35)38-16-9-11-19-46(38)54-47)33-22-20-31(21-23-33)40-30-45-48(39-17-7-6-14-36(39)40)53-49(51-45)32-12-4-3-5-13-32/h3-30H,1-2H3. The van der Waals surface area contributed by atoms with E-state index >= 15 is 0 Å². The SMILES string of the molecule is CC1(C)c2ccccc2-c2cc(N(c3ccc(-c4cc5nc(-c6ccccc6)oc5c5ccccc45)cc3)c3ccc4sc5ccccc5c4c3)ccc21.